The zero-order valence-corrected chi connectivity index (χ0v) is 14.5. The van der Waals surface area contributed by atoms with Crippen molar-refractivity contribution in [1.29, 1.82) is 0 Å². The molecule has 4 heteroatoms. The Morgan fingerprint density at radius 3 is 2.78 bits per heavy atom. The van der Waals surface area contributed by atoms with Gasteiger partial charge in [-0.1, -0.05) is 32.3 Å². The van der Waals surface area contributed by atoms with Crippen molar-refractivity contribution in [2.45, 2.75) is 63.5 Å². The Bertz CT molecular complexity index is 525. The molecule has 1 aliphatic carbocycles. The molecule has 1 aromatic rings. The second-order valence-corrected chi connectivity index (χ2v) is 7.22. The topological polar surface area (TPSA) is 36.4 Å². The average molecular weight is 315 g/mol. The number of carbonyl (C=O) groups is 1. The van der Waals surface area contributed by atoms with Crippen LogP contribution in [0.1, 0.15) is 51.1 Å². The number of amides is 1. The predicted octanol–water partition coefficient (Wildman–Crippen LogP) is 2.88. The number of hydrogen-bond acceptors (Lipinski definition) is 3. The summed E-state index contributed by atoms with van der Waals surface area (Å²) in [5.74, 6) is 0.262. The maximum absolute atomic E-state index is 13.0. The maximum Gasteiger partial charge on any atom is 0.229 e. The fraction of sp³-hybridized carbons (Fsp3) is 0.684. The van der Waals surface area contributed by atoms with E-state index in [0.29, 0.717) is 12.5 Å². The highest BCUT2D eigenvalue weighted by Gasteiger charge is 2.48. The molecule has 1 saturated carbocycles. The van der Waals surface area contributed by atoms with E-state index in [1.807, 2.05) is 18.2 Å². The first-order chi connectivity index (χ1) is 11.1. The Balaban J connectivity index is 1.77. The highest BCUT2D eigenvalue weighted by atomic mass is 16.2. The molecule has 0 radical (unpaired) electrons. The molecule has 126 valence electrons. The zero-order chi connectivity index (χ0) is 16.3. The number of likely N-dealkylation sites (N-methyl/N-ethyl adjacent to an activating group) is 1. The molecule has 1 spiro atoms. The predicted molar refractivity (Wildman–Crippen MR) is 92.2 cm³/mol. The summed E-state index contributed by atoms with van der Waals surface area (Å²) >= 11 is 0. The molecule has 0 N–H and O–H groups in total. The Morgan fingerprint density at radius 1 is 1.35 bits per heavy atom. The molecule has 0 unspecified atom stereocenters. The second-order valence-electron chi connectivity index (χ2n) is 7.22. The van der Waals surface area contributed by atoms with Gasteiger partial charge in [0, 0.05) is 30.0 Å². The fourth-order valence-electron chi connectivity index (χ4n) is 4.37. The third-order valence-electron chi connectivity index (χ3n) is 5.85. The highest BCUT2D eigenvalue weighted by Crippen LogP contribution is 2.43. The van der Waals surface area contributed by atoms with Crippen molar-refractivity contribution in [3.8, 4) is 0 Å². The smallest absolute Gasteiger partial charge is 0.229 e. The van der Waals surface area contributed by atoms with E-state index in [9.17, 15) is 4.79 Å². The van der Waals surface area contributed by atoms with Gasteiger partial charge in [-0.25, -0.2) is 0 Å². The van der Waals surface area contributed by atoms with Crippen LogP contribution in [-0.4, -0.2) is 52.4 Å². The maximum atomic E-state index is 13.0. The van der Waals surface area contributed by atoms with Gasteiger partial charge >= 0.3 is 0 Å². The summed E-state index contributed by atoms with van der Waals surface area (Å²) in [4.78, 5) is 22.0. The third kappa shape index (κ3) is 3.42. The van der Waals surface area contributed by atoms with Gasteiger partial charge in [0.05, 0.1) is 6.42 Å². The van der Waals surface area contributed by atoms with Crippen LogP contribution in [0, 0.1) is 0 Å². The first-order valence-electron chi connectivity index (χ1n) is 9.05. The van der Waals surface area contributed by atoms with Crippen molar-refractivity contribution in [1.82, 2.24) is 14.8 Å². The molecule has 23 heavy (non-hydrogen) atoms. The first kappa shape index (κ1) is 16.4. The quantitative estimate of drug-likeness (QED) is 0.857. The van der Waals surface area contributed by atoms with Gasteiger partial charge in [-0.3, -0.25) is 9.78 Å². The van der Waals surface area contributed by atoms with Gasteiger partial charge < -0.3 is 9.80 Å². The van der Waals surface area contributed by atoms with Crippen LogP contribution in [0.2, 0.25) is 0 Å². The zero-order valence-electron chi connectivity index (χ0n) is 14.5. The minimum absolute atomic E-state index is 0.109. The third-order valence-corrected chi connectivity index (χ3v) is 5.85. The summed E-state index contributed by atoms with van der Waals surface area (Å²) in [6, 6.07) is 6.32. The number of hydrogen-bond donors (Lipinski definition) is 0. The first-order valence-corrected chi connectivity index (χ1v) is 9.05. The fourth-order valence-corrected chi connectivity index (χ4v) is 4.37. The largest absolute Gasteiger partial charge is 0.335 e. The molecule has 1 amide bonds. The van der Waals surface area contributed by atoms with E-state index in [-0.39, 0.29) is 11.4 Å². The Morgan fingerprint density at radius 2 is 2.13 bits per heavy atom. The standard InChI is InChI=1S/C19H29N3O/c1-3-21(2)17-14-19(10-6-4-7-11-19)22(15-17)18(23)13-16-9-5-8-12-20-16/h5,8-9,12,17H,3-4,6-7,10-11,13-15H2,1-2H3/t17-/m0/s1. The monoisotopic (exact) mass is 315 g/mol. The summed E-state index contributed by atoms with van der Waals surface area (Å²) in [7, 11) is 2.19. The van der Waals surface area contributed by atoms with Crippen LogP contribution in [-0.2, 0) is 11.2 Å². The summed E-state index contributed by atoms with van der Waals surface area (Å²) in [6.45, 7) is 4.13. The van der Waals surface area contributed by atoms with Gasteiger partial charge in [-0.05, 0) is 45.0 Å². The van der Waals surface area contributed by atoms with Crippen LogP contribution in [0.4, 0.5) is 0 Å². The van der Waals surface area contributed by atoms with Gasteiger partial charge in [0.25, 0.3) is 0 Å². The molecule has 1 aliphatic heterocycles. The SMILES string of the molecule is CCN(C)[C@@H]1CN(C(=O)Cc2ccccn2)C2(CCCCC2)C1. The Kier molecular flexibility index (Phi) is 5.00. The molecule has 1 saturated heterocycles. The van der Waals surface area contributed by atoms with E-state index in [2.05, 4.69) is 28.8 Å². The van der Waals surface area contributed by atoms with Crippen molar-refractivity contribution < 1.29 is 4.79 Å². The number of carbonyl (C=O) groups excluding carboxylic acids is 1. The van der Waals surface area contributed by atoms with Crippen LogP contribution in [0.5, 0.6) is 0 Å². The van der Waals surface area contributed by atoms with Crippen molar-refractivity contribution in [3.63, 3.8) is 0 Å². The molecule has 1 atom stereocenters. The van der Waals surface area contributed by atoms with Crippen molar-refractivity contribution >= 4 is 5.91 Å². The van der Waals surface area contributed by atoms with E-state index < -0.39 is 0 Å². The summed E-state index contributed by atoms with van der Waals surface area (Å²) < 4.78 is 0. The van der Waals surface area contributed by atoms with Crippen LogP contribution >= 0.6 is 0 Å². The van der Waals surface area contributed by atoms with Crippen LogP contribution in [0.3, 0.4) is 0 Å². The Labute approximate surface area is 139 Å². The van der Waals surface area contributed by atoms with E-state index in [1.165, 1.54) is 32.1 Å². The molecule has 4 nitrogen and oxygen atoms in total. The minimum atomic E-state index is 0.109. The van der Waals surface area contributed by atoms with Gasteiger partial charge in [0.15, 0.2) is 0 Å². The normalized spacial score (nSPS) is 23.6. The van der Waals surface area contributed by atoms with Crippen molar-refractivity contribution in [3.05, 3.63) is 30.1 Å². The molecule has 3 rings (SSSR count). The van der Waals surface area contributed by atoms with Gasteiger partial charge in [0.1, 0.15) is 0 Å². The van der Waals surface area contributed by atoms with Crippen molar-refractivity contribution in [2.75, 3.05) is 20.1 Å². The lowest BCUT2D eigenvalue weighted by atomic mass is 9.79. The van der Waals surface area contributed by atoms with Crippen molar-refractivity contribution in [2.24, 2.45) is 0 Å². The van der Waals surface area contributed by atoms with Crippen LogP contribution in [0.15, 0.2) is 24.4 Å². The van der Waals surface area contributed by atoms with Crippen LogP contribution < -0.4 is 0 Å². The van der Waals surface area contributed by atoms with Gasteiger partial charge in [0.2, 0.25) is 5.91 Å². The summed E-state index contributed by atoms with van der Waals surface area (Å²) in [6.07, 6.45) is 9.54. The van der Waals surface area contributed by atoms with E-state index in [1.54, 1.807) is 6.20 Å². The average Bonchev–Trinajstić information content (AvgIpc) is 2.94. The second kappa shape index (κ2) is 7.00. The lowest BCUT2D eigenvalue weighted by Gasteiger charge is -2.41. The Hall–Kier alpha value is -1.42. The molecular weight excluding hydrogens is 286 g/mol. The summed E-state index contributed by atoms with van der Waals surface area (Å²) in [5, 5.41) is 0. The van der Waals surface area contributed by atoms with Gasteiger partial charge in [-0.2, -0.15) is 0 Å². The molecule has 2 heterocycles. The number of rotatable bonds is 4. The van der Waals surface area contributed by atoms with Gasteiger partial charge in [-0.15, -0.1) is 0 Å². The lowest BCUT2D eigenvalue weighted by Crippen LogP contribution is -2.49. The molecular formula is C19H29N3O. The minimum Gasteiger partial charge on any atom is -0.335 e. The lowest BCUT2D eigenvalue weighted by molar-refractivity contribution is -0.135. The molecule has 2 fully saturated rings. The van der Waals surface area contributed by atoms with E-state index in [4.69, 9.17) is 0 Å². The molecule has 2 aliphatic rings. The number of pyridine rings is 1. The van der Waals surface area contributed by atoms with E-state index >= 15 is 0 Å². The van der Waals surface area contributed by atoms with Crippen LogP contribution in [0.25, 0.3) is 0 Å². The number of nitrogens with zero attached hydrogens (tertiary/aromatic N) is 3. The van der Waals surface area contributed by atoms with E-state index in [0.717, 1.165) is 25.2 Å². The summed E-state index contributed by atoms with van der Waals surface area (Å²) in [5.41, 5.74) is 0.994. The number of likely N-dealkylation sites (tertiary alicyclic amines) is 1. The molecule has 1 aromatic heterocycles. The molecule has 0 aromatic carbocycles. The molecule has 0 bridgehead atoms. The number of aromatic nitrogens is 1. The highest BCUT2D eigenvalue weighted by molar-refractivity contribution is 5.79.